The molecule has 1 unspecified atom stereocenters. The molecule has 51 heavy (non-hydrogen) atoms. The Morgan fingerprint density at radius 1 is 0.529 bits per heavy atom. The van der Waals surface area contributed by atoms with Gasteiger partial charge in [0.15, 0.2) is 5.78 Å². The molecule has 1 atom stereocenters. The monoisotopic (exact) mass is 658 g/mol. The number of fused-ring (bicyclic) bond motifs is 3. The predicted molar refractivity (Wildman–Crippen MR) is 214 cm³/mol. The first kappa shape index (κ1) is 32.3. The third kappa shape index (κ3) is 5.98. The Morgan fingerprint density at radius 3 is 1.51 bits per heavy atom. The number of hydrogen-bond acceptors (Lipinski definition) is 3. The van der Waals surface area contributed by atoms with Crippen molar-refractivity contribution in [3.05, 3.63) is 204 Å². The average Bonchev–Trinajstić information content (AvgIpc) is 3.41. The van der Waals surface area contributed by atoms with E-state index in [4.69, 9.17) is 5.73 Å². The fourth-order valence-electron chi connectivity index (χ4n) is 7.72. The number of anilines is 3. The van der Waals surface area contributed by atoms with E-state index in [-0.39, 0.29) is 17.9 Å². The molecule has 2 N–H and O–H groups in total. The zero-order valence-corrected chi connectivity index (χ0v) is 28.9. The molecule has 0 fully saturated rings. The molecule has 0 bridgehead atoms. The molecule has 0 heterocycles. The third-order valence-electron chi connectivity index (χ3n) is 10.4. The van der Waals surface area contributed by atoms with Crippen LogP contribution in [-0.4, -0.2) is 12.5 Å². The van der Waals surface area contributed by atoms with E-state index >= 15 is 0 Å². The molecule has 7 aromatic rings. The number of nitrogens with zero attached hydrogens (tertiary/aromatic N) is 1. The first-order valence-corrected chi connectivity index (χ1v) is 17.6. The molecule has 0 aliphatic heterocycles. The summed E-state index contributed by atoms with van der Waals surface area (Å²) in [5.74, 6) is -0.100. The van der Waals surface area contributed by atoms with Gasteiger partial charge in [0.2, 0.25) is 6.71 Å². The first-order chi connectivity index (χ1) is 24.9. The van der Waals surface area contributed by atoms with Crippen LogP contribution >= 0.6 is 0 Å². The van der Waals surface area contributed by atoms with Crippen molar-refractivity contribution in [2.75, 3.05) is 4.90 Å². The zero-order valence-electron chi connectivity index (χ0n) is 28.9. The largest absolute Gasteiger partial charge is 0.318 e. The van der Waals surface area contributed by atoms with Crippen LogP contribution in [0.25, 0.3) is 11.1 Å². The second-order valence-corrected chi connectivity index (χ2v) is 13.9. The normalized spacial score (nSPS) is 13.2. The minimum absolute atomic E-state index is 0.100. The van der Waals surface area contributed by atoms with Gasteiger partial charge in [-0.2, -0.15) is 0 Å². The maximum absolute atomic E-state index is 13.9. The number of nitrogens with two attached hydrogens (primary N) is 1. The number of carbonyl (C=O) groups is 1. The minimum Gasteiger partial charge on any atom is -0.318 e. The van der Waals surface area contributed by atoms with Gasteiger partial charge in [0.1, 0.15) is 0 Å². The van der Waals surface area contributed by atoms with Crippen LogP contribution in [0.4, 0.5) is 17.1 Å². The lowest BCUT2D eigenvalue weighted by atomic mass is 9.36. The van der Waals surface area contributed by atoms with Crippen molar-refractivity contribution in [2.45, 2.75) is 25.3 Å². The molecule has 4 heteroatoms. The summed E-state index contributed by atoms with van der Waals surface area (Å²) >= 11 is 0. The van der Waals surface area contributed by atoms with Crippen molar-refractivity contribution < 1.29 is 4.79 Å². The van der Waals surface area contributed by atoms with E-state index in [0.717, 1.165) is 22.6 Å². The number of Topliss-reactive ketones (excluding diaryl/α,β-unsaturated/α-hetero) is 1. The van der Waals surface area contributed by atoms with Gasteiger partial charge in [-0.3, -0.25) is 4.79 Å². The molecule has 1 aliphatic carbocycles. The van der Waals surface area contributed by atoms with Crippen LogP contribution < -0.4 is 27.0 Å². The molecule has 7 aromatic carbocycles. The van der Waals surface area contributed by atoms with Crippen molar-refractivity contribution in [3.8, 4) is 11.1 Å². The van der Waals surface area contributed by atoms with Crippen LogP contribution in [-0.2, 0) is 5.41 Å². The van der Waals surface area contributed by atoms with Gasteiger partial charge in [-0.15, -0.1) is 0 Å². The summed E-state index contributed by atoms with van der Waals surface area (Å²) in [6, 6.07) is 62.2. The highest BCUT2D eigenvalue weighted by molar-refractivity contribution is 6.95. The van der Waals surface area contributed by atoms with Gasteiger partial charge in [0.05, 0.1) is 6.04 Å². The number of hydrogen-bond donors (Lipinski definition) is 1. The second kappa shape index (κ2) is 13.4. The van der Waals surface area contributed by atoms with Gasteiger partial charge in [-0.25, -0.2) is 0 Å². The van der Waals surface area contributed by atoms with Crippen molar-refractivity contribution in [3.63, 3.8) is 0 Å². The highest BCUT2D eigenvalue weighted by Gasteiger charge is 2.37. The van der Waals surface area contributed by atoms with Crippen molar-refractivity contribution >= 4 is 45.9 Å². The van der Waals surface area contributed by atoms with Crippen LogP contribution in [0.5, 0.6) is 0 Å². The van der Waals surface area contributed by atoms with Gasteiger partial charge < -0.3 is 10.6 Å². The fraction of sp³-hybridized carbons (Fsp3) is 0.0851. The topological polar surface area (TPSA) is 46.3 Å². The van der Waals surface area contributed by atoms with Gasteiger partial charge in [0, 0.05) is 28.0 Å². The molecule has 0 radical (unpaired) electrons. The van der Waals surface area contributed by atoms with Crippen LogP contribution in [0.2, 0.25) is 0 Å². The quantitative estimate of drug-likeness (QED) is 0.125. The number of carbonyl (C=O) groups excluding carboxylic acids is 1. The highest BCUT2D eigenvalue weighted by atomic mass is 16.1. The molecular weight excluding hydrogens is 619 g/mol. The number of para-hydroxylation sites is 2. The Hall–Kier alpha value is -5.97. The van der Waals surface area contributed by atoms with Gasteiger partial charge in [0.25, 0.3) is 0 Å². The summed E-state index contributed by atoms with van der Waals surface area (Å²) in [6.45, 7) is 4.68. The van der Waals surface area contributed by atoms with Crippen LogP contribution in [0.15, 0.2) is 182 Å². The fourth-order valence-corrected chi connectivity index (χ4v) is 7.72. The minimum atomic E-state index is -0.781. The lowest BCUT2D eigenvalue weighted by Crippen LogP contribution is -2.52. The standard InChI is InChI=1S/C47H39BN2O/c1-47(2)43-31-34(45(49)46(51)33-23-27-40(28-24-33)50(38-19-11-5-12-20-38)39-21-13-6-14-22-39)25-29-41(43)42-30-26-37(32-44(42)47)48(35-15-7-3-8-16-35)36-17-9-4-10-18-36/h3-32,45H,49H2,1-2H3. The maximum Gasteiger partial charge on any atom is 0.241 e. The van der Waals surface area contributed by atoms with Crippen molar-refractivity contribution in [2.24, 2.45) is 5.73 Å². The number of ketones is 1. The smallest absolute Gasteiger partial charge is 0.241 e. The van der Waals surface area contributed by atoms with Gasteiger partial charge in [-0.05, 0) is 76.3 Å². The third-order valence-corrected chi connectivity index (χ3v) is 10.4. The Kier molecular flexibility index (Phi) is 8.47. The molecule has 0 saturated heterocycles. The van der Waals surface area contributed by atoms with Crippen LogP contribution in [0, 0.1) is 0 Å². The van der Waals surface area contributed by atoms with E-state index in [1.54, 1.807) is 0 Å². The maximum atomic E-state index is 13.9. The summed E-state index contributed by atoms with van der Waals surface area (Å²) in [5.41, 5.74) is 19.7. The van der Waals surface area contributed by atoms with Gasteiger partial charge >= 0.3 is 0 Å². The van der Waals surface area contributed by atoms with E-state index in [9.17, 15) is 4.79 Å². The molecule has 3 nitrogen and oxygen atoms in total. The molecule has 0 saturated carbocycles. The highest BCUT2D eigenvalue weighted by Crippen LogP contribution is 2.49. The summed E-state index contributed by atoms with van der Waals surface area (Å²) in [6.07, 6.45) is 0. The van der Waals surface area contributed by atoms with Crippen LogP contribution in [0.1, 0.15) is 46.9 Å². The predicted octanol–water partition coefficient (Wildman–Crippen LogP) is 8.86. The van der Waals surface area contributed by atoms with E-state index in [2.05, 4.69) is 134 Å². The molecule has 0 amide bonds. The van der Waals surface area contributed by atoms with E-state index in [1.807, 2.05) is 66.7 Å². The average molecular weight is 659 g/mol. The van der Waals surface area contributed by atoms with E-state index in [0.29, 0.717) is 5.56 Å². The lowest BCUT2D eigenvalue weighted by molar-refractivity contribution is 0.0961. The Labute approximate surface area is 301 Å². The summed E-state index contributed by atoms with van der Waals surface area (Å²) < 4.78 is 0. The molecule has 1 aliphatic rings. The number of rotatable bonds is 9. The second-order valence-electron chi connectivity index (χ2n) is 13.9. The van der Waals surface area contributed by atoms with Crippen molar-refractivity contribution in [1.82, 2.24) is 0 Å². The Morgan fingerprint density at radius 2 is 0.980 bits per heavy atom. The molecule has 246 valence electrons. The number of benzene rings is 7. The SMILES string of the molecule is CC1(C)c2cc(B(c3ccccc3)c3ccccc3)ccc2-c2ccc(C(N)C(=O)c3ccc(N(c4ccccc4)c4ccccc4)cc3)cc21. The molecule has 0 aromatic heterocycles. The molecular formula is C47H39BN2O. The Balaban J connectivity index is 1.08. The Bertz CT molecular complexity index is 2230. The lowest BCUT2D eigenvalue weighted by Gasteiger charge is -2.25. The first-order valence-electron chi connectivity index (χ1n) is 17.6. The van der Waals surface area contributed by atoms with E-state index in [1.165, 1.54) is 38.6 Å². The molecule has 0 spiro atoms. The molecule has 8 rings (SSSR count). The van der Waals surface area contributed by atoms with E-state index < -0.39 is 6.04 Å². The summed E-state index contributed by atoms with van der Waals surface area (Å²) in [5, 5.41) is 0. The summed E-state index contributed by atoms with van der Waals surface area (Å²) in [4.78, 5) is 16.1. The van der Waals surface area contributed by atoms with Gasteiger partial charge in [-0.1, -0.05) is 164 Å². The zero-order chi connectivity index (χ0) is 35.0. The van der Waals surface area contributed by atoms with Crippen LogP contribution in [0.3, 0.4) is 0 Å². The summed E-state index contributed by atoms with van der Waals surface area (Å²) in [7, 11) is 0. The van der Waals surface area contributed by atoms with Crippen molar-refractivity contribution in [1.29, 1.82) is 0 Å².